The fourth-order valence-corrected chi connectivity index (χ4v) is 15.1. The molecule has 0 aliphatic carbocycles. The monoisotopic (exact) mass is 606 g/mol. The second kappa shape index (κ2) is 11.4. The first-order valence-electron chi connectivity index (χ1n) is 12.3. The van der Waals surface area contributed by atoms with Gasteiger partial charge in [-0.05, 0) is 0 Å². The van der Waals surface area contributed by atoms with Crippen LogP contribution < -0.4 is 10.7 Å². The van der Waals surface area contributed by atoms with Crippen LogP contribution in [-0.2, 0) is 3.07 Å². The zero-order valence-corrected chi connectivity index (χ0v) is 23.7. The van der Waals surface area contributed by atoms with E-state index in [1.165, 1.54) is 0 Å². The van der Waals surface area contributed by atoms with Gasteiger partial charge in [0.2, 0.25) is 0 Å². The Morgan fingerprint density at radius 3 is 1.68 bits per heavy atom. The van der Waals surface area contributed by atoms with Gasteiger partial charge in [-0.25, -0.2) is 0 Å². The van der Waals surface area contributed by atoms with Crippen molar-refractivity contribution in [2.75, 3.05) is 0 Å². The first kappa shape index (κ1) is 25.4. The summed E-state index contributed by atoms with van der Waals surface area (Å²) in [7, 11) is 0. The number of nitrogens with zero attached hydrogens (tertiary/aromatic N) is 2. The summed E-state index contributed by atoms with van der Waals surface area (Å²) in [5.74, 6) is -0.242. The first-order valence-corrected chi connectivity index (χ1v) is 17.7. The van der Waals surface area contributed by atoms with E-state index < -0.39 is 24.8 Å². The van der Waals surface area contributed by atoms with Gasteiger partial charge >= 0.3 is 227 Å². The Labute approximate surface area is 226 Å². The number of phenols is 1. The molecule has 0 fully saturated rings. The maximum absolute atomic E-state index is 14.0. The molecule has 5 nitrogen and oxygen atoms in total. The van der Waals surface area contributed by atoms with E-state index in [1.807, 2.05) is 60.7 Å². The molecule has 0 saturated carbocycles. The number of benzene rings is 5. The van der Waals surface area contributed by atoms with Crippen molar-refractivity contribution in [1.29, 1.82) is 0 Å². The molecule has 38 heavy (non-hydrogen) atoms. The third kappa shape index (κ3) is 5.24. The molecule has 0 aliphatic heterocycles. The summed E-state index contributed by atoms with van der Waals surface area (Å²) in [6.45, 7) is 1.79. The van der Waals surface area contributed by atoms with Crippen molar-refractivity contribution >= 4 is 46.9 Å². The van der Waals surface area contributed by atoms with Gasteiger partial charge in [-0.15, -0.1) is 0 Å². The SMILES string of the molecule is Cc1cc(N=Nc2ccccc2C(=O)[O][Sn]([c]2ccccc2)([c]2ccccc2)[c]2ccccc2)ccc1O. The maximum atomic E-state index is 14.0. The molecule has 0 saturated heterocycles. The third-order valence-electron chi connectivity index (χ3n) is 6.36. The molecule has 5 rings (SSSR count). The molecule has 5 aromatic carbocycles. The van der Waals surface area contributed by atoms with Gasteiger partial charge in [0.25, 0.3) is 0 Å². The van der Waals surface area contributed by atoms with Crippen LogP contribution in [0.3, 0.4) is 0 Å². The van der Waals surface area contributed by atoms with E-state index in [4.69, 9.17) is 3.07 Å². The zero-order valence-electron chi connectivity index (χ0n) is 20.9. The van der Waals surface area contributed by atoms with Crippen LogP contribution in [-0.4, -0.2) is 29.9 Å². The summed E-state index contributed by atoms with van der Waals surface area (Å²) in [4.78, 5) is 14.0. The number of rotatable bonds is 7. The standard InChI is InChI=1S/C14H12N2O3.3C6H5.Sn/c1-9-8-10(6-7-13(9)17)15-16-12-5-3-2-4-11(12)14(18)19;3*1-2-4-6-5-3-1;/h2-8,17H,1H3,(H,18,19);3*1-5H;/q;;;;+1/p-1. The van der Waals surface area contributed by atoms with Crippen molar-refractivity contribution in [2.45, 2.75) is 6.92 Å². The van der Waals surface area contributed by atoms with E-state index >= 15 is 0 Å². The van der Waals surface area contributed by atoms with Gasteiger partial charge in [0, 0.05) is 0 Å². The van der Waals surface area contributed by atoms with Crippen LogP contribution in [0.1, 0.15) is 15.9 Å². The topological polar surface area (TPSA) is 71.2 Å². The van der Waals surface area contributed by atoms with E-state index in [2.05, 4.69) is 46.6 Å². The van der Waals surface area contributed by atoms with Crippen LogP contribution in [0.25, 0.3) is 0 Å². The molecule has 5 aromatic rings. The number of aryl methyl sites for hydroxylation is 1. The number of hydrogen-bond acceptors (Lipinski definition) is 5. The first-order chi connectivity index (χ1) is 18.6. The summed E-state index contributed by atoms with van der Waals surface area (Å²) < 4.78 is 9.85. The van der Waals surface area contributed by atoms with Gasteiger partial charge in [-0.1, -0.05) is 0 Å². The molecule has 0 radical (unpaired) electrons. The van der Waals surface area contributed by atoms with Crippen LogP contribution >= 0.6 is 0 Å². The normalized spacial score (nSPS) is 11.4. The van der Waals surface area contributed by atoms with E-state index in [1.54, 1.807) is 43.3 Å². The number of aromatic hydroxyl groups is 1. The van der Waals surface area contributed by atoms with Gasteiger partial charge in [0.05, 0.1) is 0 Å². The second-order valence-corrected chi connectivity index (χ2v) is 18.3. The van der Waals surface area contributed by atoms with Gasteiger partial charge in [-0.2, -0.15) is 0 Å². The van der Waals surface area contributed by atoms with Gasteiger partial charge in [-0.3, -0.25) is 0 Å². The number of phenolic OH excluding ortho intramolecular Hbond substituents is 1. The summed E-state index contributed by atoms with van der Waals surface area (Å²) in [6, 6.07) is 42.3. The minimum atomic E-state index is -4.29. The molecular formula is C32H26N2O3Sn. The Kier molecular flexibility index (Phi) is 7.65. The zero-order chi connectivity index (χ0) is 26.4. The van der Waals surface area contributed by atoms with Crippen molar-refractivity contribution in [3.8, 4) is 5.75 Å². The van der Waals surface area contributed by atoms with Crippen LogP contribution in [0.5, 0.6) is 5.75 Å². The van der Waals surface area contributed by atoms with Crippen molar-refractivity contribution in [2.24, 2.45) is 10.2 Å². The molecule has 0 spiro atoms. The number of carbonyl (C=O) groups excluding carboxylic acids is 1. The van der Waals surface area contributed by atoms with E-state index in [9.17, 15) is 9.90 Å². The number of carbonyl (C=O) groups is 1. The third-order valence-corrected chi connectivity index (χ3v) is 17.6. The van der Waals surface area contributed by atoms with Crippen LogP contribution in [0, 0.1) is 6.92 Å². The van der Waals surface area contributed by atoms with Crippen LogP contribution in [0.15, 0.2) is 144 Å². The van der Waals surface area contributed by atoms with Crippen LogP contribution in [0.2, 0.25) is 0 Å². The molecule has 0 aliphatic rings. The predicted molar refractivity (Wildman–Crippen MR) is 153 cm³/mol. The molecule has 0 aromatic heterocycles. The molecule has 1 N–H and O–H groups in total. The molecule has 0 unspecified atom stereocenters. The van der Waals surface area contributed by atoms with E-state index in [0.717, 1.165) is 10.7 Å². The summed E-state index contributed by atoms with van der Waals surface area (Å²) >= 11 is -4.29. The Morgan fingerprint density at radius 1 is 0.658 bits per heavy atom. The van der Waals surface area contributed by atoms with Crippen molar-refractivity contribution < 1.29 is 13.0 Å². The second-order valence-electron chi connectivity index (χ2n) is 8.86. The fraction of sp³-hybridized carbons (Fsp3) is 0.0312. The van der Waals surface area contributed by atoms with Crippen LogP contribution in [0.4, 0.5) is 11.4 Å². The van der Waals surface area contributed by atoms with Crippen molar-refractivity contribution in [3.63, 3.8) is 0 Å². The average Bonchev–Trinajstić information content (AvgIpc) is 2.98. The molecule has 0 bridgehead atoms. The quantitative estimate of drug-likeness (QED) is 0.185. The summed E-state index contributed by atoms with van der Waals surface area (Å²) in [5.41, 5.74) is 2.03. The molecule has 0 atom stereocenters. The number of azo groups is 1. The summed E-state index contributed by atoms with van der Waals surface area (Å²) in [6.07, 6.45) is 0. The van der Waals surface area contributed by atoms with Gasteiger partial charge in [0.15, 0.2) is 0 Å². The van der Waals surface area contributed by atoms with Crippen molar-refractivity contribution in [1.82, 2.24) is 0 Å². The summed E-state index contributed by atoms with van der Waals surface area (Å²) in [5, 5.41) is 18.5. The van der Waals surface area contributed by atoms with E-state index in [0.29, 0.717) is 22.5 Å². The Balaban J connectivity index is 1.60. The molecule has 0 amide bonds. The minimum absolute atomic E-state index is 0.194. The Hall–Kier alpha value is -4.23. The Morgan fingerprint density at radius 2 is 1.16 bits per heavy atom. The fourth-order valence-electron chi connectivity index (χ4n) is 4.44. The van der Waals surface area contributed by atoms with Gasteiger partial charge in [0.1, 0.15) is 0 Å². The molecule has 0 heterocycles. The predicted octanol–water partition coefficient (Wildman–Crippen LogP) is 5.94. The van der Waals surface area contributed by atoms with Crippen molar-refractivity contribution in [3.05, 3.63) is 145 Å². The molecule has 6 heteroatoms. The van der Waals surface area contributed by atoms with E-state index in [-0.39, 0.29) is 5.75 Å². The Bertz CT molecular complexity index is 1480. The number of hydrogen-bond donors (Lipinski definition) is 1. The average molecular weight is 605 g/mol. The molecular weight excluding hydrogens is 579 g/mol. The van der Waals surface area contributed by atoms with Gasteiger partial charge < -0.3 is 0 Å². The molecule has 186 valence electrons.